The Morgan fingerprint density at radius 3 is 2.65 bits per heavy atom. The van der Waals surface area contributed by atoms with Gasteiger partial charge < -0.3 is 10.4 Å². The Labute approximate surface area is 119 Å². The largest absolute Gasteiger partial charge is 0.480 e. The van der Waals surface area contributed by atoms with Crippen LogP contribution in [0.1, 0.15) is 31.4 Å². The standard InChI is InChI=1S/C16H21NO3/c1-3-5-9-14(16(19)20)17-15(18)11-13-8-6-7-12(4-2)10-13/h3,5-8,10,14H,4,9,11H2,1-2H3,(H,17,18)(H,19,20)/b5-3+. The van der Waals surface area contributed by atoms with Crippen molar-refractivity contribution in [3.8, 4) is 0 Å². The predicted octanol–water partition coefficient (Wildman–Crippen LogP) is 2.33. The molecular weight excluding hydrogens is 254 g/mol. The third-order valence-electron chi connectivity index (χ3n) is 3.01. The van der Waals surface area contributed by atoms with Crippen LogP contribution in [0.2, 0.25) is 0 Å². The number of amides is 1. The van der Waals surface area contributed by atoms with E-state index in [-0.39, 0.29) is 12.3 Å². The van der Waals surface area contributed by atoms with E-state index < -0.39 is 12.0 Å². The summed E-state index contributed by atoms with van der Waals surface area (Å²) in [6.07, 6.45) is 4.91. The molecule has 4 heteroatoms. The van der Waals surface area contributed by atoms with E-state index >= 15 is 0 Å². The van der Waals surface area contributed by atoms with Crippen molar-refractivity contribution >= 4 is 11.9 Å². The van der Waals surface area contributed by atoms with Gasteiger partial charge in [0.15, 0.2) is 0 Å². The van der Waals surface area contributed by atoms with Gasteiger partial charge in [-0.1, -0.05) is 43.3 Å². The van der Waals surface area contributed by atoms with Crippen molar-refractivity contribution in [3.63, 3.8) is 0 Å². The van der Waals surface area contributed by atoms with Crippen LogP contribution in [-0.4, -0.2) is 23.0 Å². The number of rotatable bonds is 7. The number of aryl methyl sites for hydroxylation is 1. The van der Waals surface area contributed by atoms with Crippen molar-refractivity contribution in [2.75, 3.05) is 0 Å². The number of carbonyl (C=O) groups excluding carboxylic acids is 1. The second kappa shape index (κ2) is 8.15. The Morgan fingerprint density at radius 1 is 1.35 bits per heavy atom. The van der Waals surface area contributed by atoms with Gasteiger partial charge >= 0.3 is 5.97 Å². The highest BCUT2D eigenvalue weighted by Crippen LogP contribution is 2.07. The van der Waals surface area contributed by atoms with Gasteiger partial charge in [-0.05, 0) is 30.9 Å². The van der Waals surface area contributed by atoms with Crippen molar-refractivity contribution in [2.45, 2.75) is 39.2 Å². The Bertz CT molecular complexity index is 494. The lowest BCUT2D eigenvalue weighted by atomic mass is 10.1. The van der Waals surface area contributed by atoms with Crippen LogP contribution in [0.4, 0.5) is 0 Å². The smallest absolute Gasteiger partial charge is 0.326 e. The third kappa shape index (κ3) is 5.26. The Kier molecular flexibility index (Phi) is 6.50. The van der Waals surface area contributed by atoms with Crippen LogP contribution in [0, 0.1) is 0 Å². The summed E-state index contributed by atoms with van der Waals surface area (Å²) in [4.78, 5) is 22.9. The van der Waals surface area contributed by atoms with Crippen LogP contribution in [0.15, 0.2) is 36.4 Å². The Balaban J connectivity index is 2.62. The lowest BCUT2D eigenvalue weighted by molar-refractivity contribution is -0.141. The average Bonchev–Trinajstić information content (AvgIpc) is 2.43. The number of nitrogens with one attached hydrogen (secondary N) is 1. The summed E-state index contributed by atoms with van der Waals surface area (Å²) in [5.41, 5.74) is 2.07. The Hall–Kier alpha value is -2.10. The van der Waals surface area contributed by atoms with Crippen LogP contribution in [0.5, 0.6) is 0 Å². The maximum absolute atomic E-state index is 11.9. The quantitative estimate of drug-likeness (QED) is 0.750. The average molecular weight is 275 g/mol. The fraction of sp³-hybridized carbons (Fsp3) is 0.375. The molecule has 0 fully saturated rings. The first-order chi connectivity index (χ1) is 9.56. The molecular formula is C16H21NO3. The van der Waals surface area contributed by atoms with Crippen LogP contribution in [0.25, 0.3) is 0 Å². The topological polar surface area (TPSA) is 66.4 Å². The summed E-state index contributed by atoms with van der Waals surface area (Å²) >= 11 is 0. The molecule has 1 rings (SSSR count). The van der Waals surface area contributed by atoms with Crippen LogP contribution in [0.3, 0.4) is 0 Å². The minimum Gasteiger partial charge on any atom is -0.480 e. The molecule has 0 aliphatic heterocycles. The van der Waals surface area contributed by atoms with E-state index in [0.717, 1.165) is 12.0 Å². The fourth-order valence-corrected chi connectivity index (χ4v) is 1.88. The molecule has 0 saturated heterocycles. The summed E-state index contributed by atoms with van der Waals surface area (Å²) in [5.74, 6) is -1.28. The highest BCUT2D eigenvalue weighted by molar-refractivity contribution is 5.84. The second-order valence-corrected chi connectivity index (χ2v) is 4.61. The monoisotopic (exact) mass is 275 g/mol. The maximum Gasteiger partial charge on any atom is 0.326 e. The number of hydrogen-bond acceptors (Lipinski definition) is 2. The molecule has 1 atom stereocenters. The van der Waals surface area contributed by atoms with Crippen LogP contribution >= 0.6 is 0 Å². The van der Waals surface area contributed by atoms with Gasteiger partial charge in [0.25, 0.3) is 0 Å². The summed E-state index contributed by atoms with van der Waals surface area (Å²) in [7, 11) is 0. The van der Waals surface area contributed by atoms with Gasteiger partial charge in [0.1, 0.15) is 6.04 Å². The predicted molar refractivity (Wildman–Crippen MR) is 78.5 cm³/mol. The zero-order chi connectivity index (χ0) is 15.0. The fourth-order valence-electron chi connectivity index (χ4n) is 1.88. The molecule has 0 spiro atoms. The lowest BCUT2D eigenvalue weighted by Crippen LogP contribution is -2.41. The summed E-state index contributed by atoms with van der Waals surface area (Å²) < 4.78 is 0. The maximum atomic E-state index is 11.9. The molecule has 2 N–H and O–H groups in total. The zero-order valence-corrected chi connectivity index (χ0v) is 11.9. The Morgan fingerprint density at radius 2 is 2.05 bits per heavy atom. The summed E-state index contributed by atoms with van der Waals surface area (Å²) in [6.45, 7) is 3.87. The van der Waals surface area contributed by atoms with Gasteiger partial charge in [0.2, 0.25) is 5.91 Å². The highest BCUT2D eigenvalue weighted by Gasteiger charge is 2.18. The van der Waals surface area contributed by atoms with E-state index in [1.807, 2.05) is 31.2 Å². The molecule has 4 nitrogen and oxygen atoms in total. The van der Waals surface area contributed by atoms with E-state index in [9.17, 15) is 9.59 Å². The SMILES string of the molecule is C/C=C/CC(NC(=O)Cc1cccc(CC)c1)C(=O)O. The first-order valence-corrected chi connectivity index (χ1v) is 6.78. The molecule has 0 aliphatic carbocycles. The summed E-state index contributed by atoms with van der Waals surface area (Å²) in [6, 6.07) is 6.90. The van der Waals surface area contributed by atoms with Gasteiger partial charge in [-0.25, -0.2) is 4.79 Å². The van der Waals surface area contributed by atoms with Gasteiger partial charge in [0.05, 0.1) is 6.42 Å². The molecule has 1 aromatic rings. The van der Waals surface area contributed by atoms with E-state index in [0.29, 0.717) is 6.42 Å². The molecule has 0 saturated carbocycles. The van der Waals surface area contributed by atoms with Gasteiger partial charge in [0, 0.05) is 0 Å². The number of aliphatic carboxylic acids is 1. The van der Waals surface area contributed by atoms with Crippen molar-refractivity contribution < 1.29 is 14.7 Å². The molecule has 0 radical (unpaired) electrons. The summed E-state index contributed by atoms with van der Waals surface area (Å²) in [5, 5.41) is 11.6. The number of benzene rings is 1. The number of carboxylic acid groups (broad SMARTS) is 1. The zero-order valence-electron chi connectivity index (χ0n) is 11.9. The van der Waals surface area contributed by atoms with E-state index in [1.165, 1.54) is 5.56 Å². The normalized spacial score (nSPS) is 12.3. The van der Waals surface area contributed by atoms with Crippen molar-refractivity contribution in [3.05, 3.63) is 47.5 Å². The minimum absolute atomic E-state index is 0.202. The molecule has 1 unspecified atom stereocenters. The number of allylic oxidation sites excluding steroid dienone is 1. The first-order valence-electron chi connectivity index (χ1n) is 6.78. The van der Waals surface area contributed by atoms with Gasteiger partial charge in [-0.15, -0.1) is 0 Å². The molecule has 0 heterocycles. The van der Waals surface area contributed by atoms with Gasteiger partial charge in [-0.2, -0.15) is 0 Å². The molecule has 0 aromatic heterocycles. The minimum atomic E-state index is -1.02. The number of hydrogen-bond donors (Lipinski definition) is 2. The first kappa shape index (κ1) is 16.0. The number of carboxylic acids is 1. The molecule has 1 amide bonds. The molecule has 108 valence electrons. The van der Waals surface area contributed by atoms with Crippen molar-refractivity contribution in [2.24, 2.45) is 0 Å². The third-order valence-corrected chi connectivity index (χ3v) is 3.01. The van der Waals surface area contributed by atoms with Crippen LogP contribution in [-0.2, 0) is 22.4 Å². The number of carbonyl (C=O) groups is 2. The van der Waals surface area contributed by atoms with E-state index in [2.05, 4.69) is 12.2 Å². The molecule has 0 aliphatic rings. The second-order valence-electron chi connectivity index (χ2n) is 4.61. The lowest BCUT2D eigenvalue weighted by Gasteiger charge is -2.13. The highest BCUT2D eigenvalue weighted by atomic mass is 16.4. The van der Waals surface area contributed by atoms with Crippen molar-refractivity contribution in [1.29, 1.82) is 0 Å². The van der Waals surface area contributed by atoms with Crippen molar-refractivity contribution in [1.82, 2.24) is 5.32 Å². The van der Waals surface area contributed by atoms with E-state index in [1.54, 1.807) is 12.2 Å². The van der Waals surface area contributed by atoms with Crippen LogP contribution < -0.4 is 5.32 Å². The molecule has 20 heavy (non-hydrogen) atoms. The molecule has 1 aromatic carbocycles. The van der Waals surface area contributed by atoms with Gasteiger partial charge in [-0.3, -0.25) is 4.79 Å². The van der Waals surface area contributed by atoms with E-state index in [4.69, 9.17) is 5.11 Å². The molecule has 0 bridgehead atoms.